The Balaban J connectivity index is 1.89. The first-order valence-electron chi connectivity index (χ1n) is 8.90. The molecular formula is C23H24N2OS. The van der Waals surface area contributed by atoms with Crippen molar-refractivity contribution in [1.29, 1.82) is 0 Å². The first-order chi connectivity index (χ1) is 13.1. The van der Waals surface area contributed by atoms with E-state index in [1.54, 1.807) is 11.8 Å². The largest absolute Gasteiger partial charge is 0.370 e. The highest BCUT2D eigenvalue weighted by Crippen LogP contribution is 2.26. The summed E-state index contributed by atoms with van der Waals surface area (Å²) in [6.07, 6.45) is 2.04. The number of benzene rings is 3. The molecule has 0 radical (unpaired) electrons. The van der Waals surface area contributed by atoms with Gasteiger partial charge in [0, 0.05) is 16.3 Å². The average Bonchev–Trinajstić information content (AvgIpc) is 2.69. The lowest BCUT2D eigenvalue weighted by Crippen LogP contribution is -2.27. The van der Waals surface area contributed by atoms with Crippen LogP contribution < -0.4 is 10.6 Å². The molecule has 2 N–H and O–H groups in total. The molecule has 0 bridgehead atoms. The van der Waals surface area contributed by atoms with Gasteiger partial charge in [0.2, 0.25) is 0 Å². The Morgan fingerprint density at radius 3 is 2.44 bits per heavy atom. The predicted octanol–water partition coefficient (Wildman–Crippen LogP) is 5.82. The molecule has 0 saturated heterocycles. The van der Waals surface area contributed by atoms with E-state index < -0.39 is 6.04 Å². The van der Waals surface area contributed by atoms with Gasteiger partial charge in [-0.3, -0.25) is 4.79 Å². The Labute approximate surface area is 165 Å². The van der Waals surface area contributed by atoms with Gasteiger partial charge in [-0.1, -0.05) is 48.5 Å². The molecule has 0 aliphatic rings. The van der Waals surface area contributed by atoms with Gasteiger partial charge in [0.05, 0.1) is 0 Å². The molecule has 3 rings (SSSR count). The van der Waals surface area contributed by atoms with Crippen LogP contribution in [-0.2, 0) is 4.79 Å². The minimum absolute atomic E-state index is 0.0792. The molecule has 1 atom stereocenters. The fraction of sp³-hybridized carbons (Fsp3) is 0.174. The Kier molecular flexibility index (Phi) is 6.20. The second kappa shape index (κ2) is 8.78. The van der Waals surface area contributed by atoms with Crippen molar-refractivity contribution in [2.75, 3.05) is 16.9 Å². The van der Waals surface area contributed by atoms with Crippen molar-refractivity contribution in [2.45, 2.75) is 24.8 Å². The normalized spacial score (nSPS) is 11.7. The third-order valence-electron chi connectivity index (χ3n) is 4.43. The maximum atomic E-state index is 13.2. The van der Waals surface area contributed by atoms with Crippen LogP contribution in [0.15, 0.2) is 77.7 Å². The lowest BCUT2D eigenvalue weighted by molar-refractivity contribution is -0.117. The molecule has 27 heavy (non-hydrogen) atoms. The zero-order valence-electron chi connectivity index (χ0n) is 15.8. The van der Waals surface area contributed by atoms with Gasteiger partial charge in [0.25, 0.3) is 5.91 Å². The Hall–Kier alpha value is -2.72. The summed E-state index contributed by atoms with van der Waals surface area (Å²) in [5.74, 6) is -0.0792. The molecule has 3 aromatic carbocycles. The van der Waals surface area contributed by atoms with Crippen LogP contribution in [0.5, 0.6) is 0 Å². The number of rotatable bonds is 6. The number of hydrogen-bond acceptors (Lipinski definition) is 3. The van der Waals surface area contributed by atoms with Gasteiger partial charge in [-0.25, -0.2) is 0 Å². The molecule has 0 aliphatic heterocycles. The third-order valence-corrected chi connectivity index (χ3v) is 5.15. The zero-order valence-corrected chi connectivity index (χ0v) is 16.6. The van der Waals surface area contributed by atoms with Crippen molar-refractivity contribution in [1.82, 2.24) is 0 Å². The van der Waals surface area contributed by atoms with Crippen LogP contribution in [0.1, 0.15) is 22.7 Å². The quantitative estimate of drug-likeness (QED) is 0.533. The summed E-state index contributed by atoms with van der Waals surface area (Å²) in [7, 11) is 0. The van der Waals surface area contributed by atoms with Gasteiger partial charge >= 0.3 is 0 Å². The summed E-state index contributed by atoms with van der Waals surface area (Å²) in [5.41, 5.74) is 4.86. The van der Waals surface area contributed by atoms with E-state index in [0.29, 0.717) is 0 Å². The summed E-state index contributed by atoms with van der Waals surface area (Å²) in [5, 5.41) is 6.49. The maximum Gasteiger partial charge on any atom is 0.251 e. The molecule has 0 aliphatic carbocycles. The first-order valence-corrected chi connectivity index (χ1v) is 10.1. The van der Waals surface area contributed by atoms with Crippen molar-refractivity contribution in [3.8, 4) is 0 Å². The van der Waals surface area contributed by atoms with Crippen molar-refractivity contribution in [3.63, 3.8) is 0 Å². The van der Waals surface area contributed by atoms with Crippen LogP contribution in [-0.4, -0.2) is 12.2 Å². The fourth-order valence-corrected chi connectivity index (χ4v) is 3.36. The standard InChI is InChI=1S/C23H24N2OS/c1-16-12-13-17(2)21(14-16)25-23(26)22(18-8-5-4-6-9-18)24-19-10-7-11-20(15-19)27-3/h4-15,22,24H,1-3H3,(H,25,26). The van der Waals surface area contributed by atoms with E-state index in [1.165, 1.54) is 0 Å². The van der Waals surface area contributed by atoms with E-state index in [9.17, 15) is 4.79 Å². The number of anilines is 2. The minimum Gasteiger partial charge on any atom is -0.370 e. The highest BCUT2D eigenvalue weighted by Gasteiger charge is 2.21. The van der Waals surface area contributed by atoms with Gasteiger partial charge in [0.1, 0.15) is 6.04 Å². The topological polar surface area (TPSA) is 41.1 Å². The van der Waals surface area contributed by atoms with Gasteiger partial charge < -0.3 is 10.6 Å². The van der Waals surface area contributed by atoms with Gasteiger partial charge in [0.15, 0.2) is 0 Å². The molecule has 1 unspecified atom stereocenters. The molecule has 0 saturated carbocycles. The van der Waals surface area contributed by atoms with Crippen molar-refractivity contribution in [2.24, 2.45) is 0 Å². The van der Waals surface area contributed by atoms with Crippen LogP contribution in [0.3, 0.4) is 0 Å². The summed E-state index contributed by atoms with van der Waals surface area (Å²) < 4.78 is 0. The summed E-state index contributed by atoms with van der Waals surface area (Å²) in [4.78, 5) is 14.3. The van der Waals surface area contributed by atoms with E-state index in [2.05, 4.69) is 22.8 Å². The lowest BCUT2D eigenvalue weighted by atomic mass is 10.0. The van der Waals surface area contributed by atoms with Crippen LogP contribution in [0, 0.1) is 13.8 Å². The van der Waals surface area contributed by atoms with Crippen LogP contribution in [0.25, 0.3) is 0 Å². The van der Waals surface area contributed by atoms with Gasteiger partial charge in [-0.05, 0) is 61.1 Å². The Morgan fingerprint density at radius 2 is 1.70 bits per heavy atom. The lowest BCUT2D eigenvalue weighted by Gasteiger charge is -2.21. The molecule has 0 aromatic heterocycles. The van der Waals surface area contributed by atoms with E-state index in [4.69, 9.17) is 0 Å². The highest BCUT2D eigenvalue weighted by atomic mass is 32.2. The number of carbonyl (C=O) groups is 1. The summed E-state index contributed by atoms with van der Waals surface area (Å²) in [6.45, 7) is 4.03. The van der Waals surface area contributed by atoms with Crippen molar-refractivity contribution >= 4 is 29.0 Å². The van der Waals surface area contributed by atoms with E-state index in [1.807, 2.05) is 80.8 Å². The van der Waals surface area contributed by atoms with E-state index >= 15 is 0 Å². The van der Waals surface area contributed by atoms with Crippen LogP contribution in [0.4, 0.5) is 11.4 Å². The Bertz CT molecular complexity index is 925. The van der Waals surface area contributed by atoms with Gasteiger partial charge in [-0.2, -0.15) is 0 Å². The molecule has 3 nitrogen and oxygen atoms in total. The second-order valence-corrected chi connectivity index (χ2v) is 7.41. The van der Waals surface area contributed by atoms with Crippen LogP contribution >= 0.6 is 11.8 Å². The fourth-order valence-electron chi connectivity index (χ4n) is 2.90. The number of amides is 1. The molecule has 1 amide bonds. The number of thioether (sulfide) groups is 1. The number of carbonyl (C=O) groups excluding carboxylic acids is 1. The molecule has 4 heteroatoms. The SMILES string of the molecule is CSc1cccc(NC(C(=O)Nc2cc(C)ccc2C)c2ccccc2)c1. The predicted molar refractivity (Wildman–Crippen MR) is 116 cm³/mol. The van der Waals surface area contributed by atoms with Gasteiger partial charge in [-0.15, -0.1) is 11.8 Å². The number of hydrogen-bond donors (Lipinski definition) is 2. The first kappa shape index (κ1) is 19.1. The van der Waals surface area contributed by atoms with E-state index in [0.717, 1.165) is 33.0 Å². The minimum atomic E-state index is -0.483. The average molecular weight is 377 g/mol. The molecule has 0 spiro atoms. The van der Waals surface area contributed by atoms with Crippen molar-refractivity contribution in [3.05, 3.63) is 89.5 Å². The molecular weight excluding hydrogens is 352 g/mol. The molecule has 138 valence electrons. The Morgan fingerprint density at radius 1 is 0.926 bits per heavy atom. The smallest absolute Gasteiger partial charge is 0.251 e. The monoisotopic (exact) mass is 376 g/mol. The number of aryl methyl sites for hydroxylation is 2. The summed E-state index contributed by atoms with van der Waals surface area (Å²) >= 11 is 1.68. The molecule has 0 fully saturated rings. The van der Waals surface area contributed by atoms with E-state index in [-0.39, 0.29) is 5.91 Å². The number of nitrogens with one attached hydrogen (secondary N) is 2. The van der Waals surface area contributed by atoms with Crippen molar-refractivity contribution < 1.29 is 4.79 Å². The summed E-state index contributed by atoms with van der Waals surface area (Å²) in [6, 6.07) is 23.5. The second-order valence-electron chi connectivity index (χ2n) is 6.53. The molecule has 3 aromatic rings. The highest BCUT2D eigenvalue weighted by molar-refractivity contribution is 7.98. The van der Waals surface area contributed by atoms with Crippen LogP contribution in [0.2, 0.25) is 0 Å². The zero-order chi connectivity index (χ0) is 19.2. The molecule has 0 heterocycles. The maximum absolute atomic E-state index is 13.2. The third kappa shape index (κ3) is 4.92.